The molecular weight excluding hydrogens is 260 g/mol. The number of nitrogens with zero attached hydrogens (tertiary/aromatic N) is 2. The molecule has 1 heterocycles. The zero-order valence-electron chi connectivity index (χ0n) is 7.59. The van der Waals surface area contributed by atoms with Gasteiger partial charge in [0.05, 0.1) is 11.3 Å². The summed E-state index contributed by atoms with van der Waals surface area (Å²) in [5, 5.41) is 12.9. The lowest BCUT2D eigenvalue weighted by atomic mass is 10.2. The Labute approximate surface area is 94.3 Å². The van der Waals surface area contributed by atoms with Crippen molar-refractivity contribution in [1.29, 1.82) is 0 Å². The summed E-state index contributed by atoms with van der Waals surface area (Å²) in [6.45, 7) is 0. The first kappa shape index (κ1) is 9.92. The summed E-state index contributed by atoms with van der Waals surface area (Å²) >= 11 is 3.21. The molecule has 1 aromatic heterocycles. The van der Waals surface area contributed by atoms with Crippen LogP contribution in [-0.2, 0) is 0 Å². The maximum atomic E-state index is 10.8. The van der Waals surface area contributed by atoms with Gasteiger partial charge >= 0.3 is 5.97 Å². The van der Waals surface area contributed by atoms with E-state index in [1.807, 2.05) is 0 Å². The predicted octanol–water partition coefficient (Wildman–Crippen LogP) is 2.33. The van der Waals surface area contributed by atoms with Gasteiger partial charge in [-0.05, 0) is 40.2 Å². The molecule has 15 heavy (non-hydrogen) atoms. The summed E-state index contributed by atoms with van der Waals surface area (Å²) < 4.78 is 2.21. The fourth-order valence-corrected chi connectivity index (χ4v) is 1.78. The highest BCUT2D eigenvalue weighted by molar-refractivity contribution is 9.10. The van der Waals surface area contributed by atoms with Gasteiger partial charge in [-0.3, -0.25) is 0 Å². The Morgan fingerprint density at radius 2 is 2.27 bits per heavy atom. The van der Waals surface area contributed by atoms with Crippen LogP contribution in [0.2, 0.25) is 0 Å². The van der Waals surface area contributed by atoms with Crippen LogP contribution in [0.3, 0.4) is 0 Å². The number of hydrogen-bond acceptors (Lipinski definition) is 2. The number of carbonyl (C=O) groups is 1. The van der Waals surface area contributed by atoms with Gasteiger partial charge in [-0.1, -0.05) is 0 Å². The predicted molar refractivity (Wildman–Crippen MR) is 58.2 cm³/mol. The fourth-order valence-electron chi connectivity index (χ4n) is 1.24. The molecule has 5 heteroatoms. The highest BCUT2D eigenvalue weighted by Gasteiger charge is 2.08. The number of rotatable bonds is 2. The van der Waals surface area contributed by atoms with Crippen LogP contribution in [0.5, 0.6) is 0 Å². The number of halogens is 1. The van der Waals surface area contributed by atoms with E-state index in [0.29, 0.717) is 4.47 Å². The average molecular weight is 267 g/mol. The van der Waals surface area contributed by atoms with Gasteiger partial charge in [0, 0.05) is 16.9 Å². The first-order chi connectivity index (χ1) is 7.18. The van der Waals surface area contributed by atoms with E-state index in [2.05, 4.69) is 21.0 Å². The highest BCUT2D eigenvalue weighted by Crippen LogP contribution is 2.20. The quantitative estimate of drug-likeness (QED) is 0.908. The topological polar surface area (TPSA) is 55.1 Å². The first-order valence-corrected chi connectivity index (χ1v) is 5.00. The molecule has 0 amide bonds. The molecule has 0 aliphatic carbocycles. The number of hydrogen-bond donors (Lipinski definition) is 1. The normalized spacial score (nSPS) is 10.2. The van der Waals surface area contributed by atoms with Gasteiger partial charge in [0.15, 0.2) is 0 Å². The number of aromatic carboxylic acids is 1. The third-order valence-electron chi connectivity index (χ3n) is 1.95. The van der Waals surface area contributed by atoms with Crippen LogP contribution < -0.4 is 0 Å². The molecule has 0 atom stereocenters. The Kier molecular flexibility index (Phi) is 2.55. The number of benzene rings is 1. The number of carboxylic acids is 1. The summed E-state index contributed by atoms with van der Waals surface area (Å²) in [5.41, 5.74) is 1.06. The Morgan fingerprint density at radius 1 is 1.47 bits per heavy atom. The van der Waals surface area contributed by atoms with Gasteiger partial charge in [-0.25, -0.2) is 9.48 Å². The van der Waals surface area contributed by atoms with Crippen molar-refractivity contribution in [1.82, 2.24) is 9.78 Å². The largest absolute Gasteiger partial charge is 0.478 e. The van der Waals surface area contributed by atoms with Crippen molar-refractivity contribution < 1.29 is 9.90 Å². The Balaban J connectivity index is 2.47. The number of carboxylic acid groups (broad SMARTS) is 1. The van der Waals surface area contributed by atoms with Crippen molar-refractivity contribution in [2.75, 3.05) is 0 Å². The fraction of sp³-hybridized carbons (Fsp3) is 0. The monoisotopic (exact) mass is 266 g/mol. The van der Waals surface area contributed by atoms with Gasteiger partial charge in [0.1, 0.15) is 0 Å². The van der Waals surface area contributed by atoms with E-state index < -0.39 is 5.97 Å². The van der Waals surface area contributed by atoms with Crippen LogP contribution in [-0.4, -0.2) is 20.9 Å². The van der Waals surface area contributed by atoms with E-state index in [1.54, 1.807) is 41.3 Å². The van der Waals surface area contributed by atoms with E-state index in [9.17, 15) is 4.79 Å². The second-order valence-corrected chi connectivity index (χ2v) is 3.77. The Bertz CT molecular complexity index is 494. The third-order valence-corrected chi connectivity index (χ3v) is 2.61. The molecule has 0 fully saturated rings. The molecule has 0 radical (unpaired) electrons. The minimum Gasteiger partial charge on any atom is -0.478 e. The third kappa shape index (κ3) is 1.92. The van der Waals surface area contributed by atoms with Crippen molar-refractivity contribution in [2.45, 2.75) is 0 Å². The minimum atomic E-state index is -0.950. The lowest BCUT2D eigenvalue weighted by molar-refractivity contribution is 0.0696. The van der Waals surface area contributed by atoms with Gasteiger partial charge in [0.25, 0.3) is 0 Å². The smallest absolute Gasteiger partial charge is 0.336 e. The molecule has 2 aromatic rings. The zero-order valence-corrected chi connectivity index (χ0v) is 9.18. The summed E-state index contributed by atoms with van der Waals surface area (Å²) in [6.07, 6.45) is 3.46. The van der Waals surface area contributed by atoms with Crippen molar-refractivity contribution >= 4 is 21.9 Å². The SMILES string of the molecule is O=C(O)c1ccc(-n2cccn2)cc1Br. The molecular formula is C10H7BrN2O2. The second kappa shape index (κ2) is 3.86. The molecule has 0 aliphatic heterocycles. The summed E-state index contributed by atoms with van der Waals surface area (Å²) in [5.74, 6) is -0.950. The maximum Gasteiger partial charge on any atom is 0.336 e. The zero-order chi connectivity index (χ0) is 10.8. The van der Waals surface area contributed by atoms with Crippen LogP contribution in [0.1, 0.15) is 10.4 Å². The van der Waals surface area contributed by atoms with Crippen LogP contribution in [0.4, 0.5) is 0 Å². The van der Waals surface area contributed by atoms with E-state index in [0.717, 1.165) is 5.69 Å². The molecule has 0 spiro atoms. The molecule has 76 valence electrons. The molecule has 0 saturated carbocycles. The van der Waals surface area contributed by atoms with Gasteiger partial charge in [-0.2, -0.15) is 5.10 Å². The highest BCUT2D eigenvalue weighted by atomic mass is 79.9. The molecule has 0 unspecified atom stereocenters. The van der Waals surface area contributed by atoms with Crippen molar-refractivity contribution in [3.8, 4) is 5.69 Å². The summed E-state index contributed by atoms with van der Waals surface area (Å²) in [7, 11) is 0. The molecule has 0 saturated heterocycles. The standard InChI is InChI=1S/C10H7BrN2O2/c11-9-6-7(13-5-1-4-12-13)2-3-8(9)10(14)15/h1-6H,(H,14,15). The van der Waals surface area contributed by atoms with Gasteiger partial charge in [0.2, 0.25) is 0 Å². The van der Waals surface area contributed by atoms with Gasteiger partial charge in [-0.15, -0.1) is 0 Å². The van der Waals surface area contributed by atoms with Crippen molar-refractivity contribution in [3.63, 3.8) is 0 Å². The van der Waals surface area contributed by atoms with Crippen LogP contribution in [0.15, 0.2) is 41.1 Å². The second-order valence-electron chi connectivity index (χ2n) is 2.92. The van der Waals surface area contributed by atoms with E-state index >= 15 is 0 Å². The molecule has 4 nitrogen and oxygen atoms in total. The molecule has 0 aliphatic rings. The van der Waals surface area contributed by atoms with Gasteiger partial charge < -0.3 is 5.11 Å². The van der Waals surface area contributed by atoms with Crippen LogP contribution >= 0.6 is 15.9 Å². The van der Waals surface area contributed by atoms with Crippen LogP contribution in [0.25, 0.3) is 5.69 Å². The van der Waals surface area contributed by atoms with E-state index in [-0.39, 0.29) is 5.56 Å². The maximum absolute atomic E-state index is 10.8. The average Bonchev–Trinajstić information content (AvgIpc) is 2.69. The molecule has 0 bridgehead atoms. The molecule has 2 rings (SSSR count). The Hall–Kier alpha value is -1.62. The van der Waals surface area contributed by atoms with Crippen molar-refractivity contribution in [3.05, 3.63) is 46.7 Å². The van der Waals surface area contributed by atoms with E-state index in [4.69, 9.17) is 5.11 Å². The van der Waals surface area contributed by atoms with Crippen molar-refractivity contribution in [2.24, 2.45) is 0 Å². The Morgan fingerprint density at radius 3 is 2.80 bits per heavy atom. The molecule has 1 N–H and O–H groups in total. The number of aromatic nitrogens is 2. The summed E-state index contributed by atoms with van der Waals surface area (Å²) in [6, 6.07) is 6.78. The lowest BCUT2D eigenvalue weighted by Crippen LogP contribution is -2.00. The minimum absolute atomic E-state index is 0.242. The van der Waals surface area contributed by atoms with E-state index in [1.165, 1.54) is 0 Å². The summed E-state index contributed by atoms with van der Waals surface area (Å²) in [4.78, 5) is 10.8. The van der Waals surface area contributed by atoms with Crippen LogP contribution in [0, 0.1) is 0 Å². The molecule has 1 aromatic carbocycles. The first-order valence-electron chi connectivity index (χ1n) is 4.21. The lowest BCUT2D eigenvalue weighted by Gasteiger charge is -2.04.